The van der Waals surface area contributed by atoms with E-state index in [0.29, 0.717) is 18.8 Å². The lowest BCUT2D eigenvalue weighted by molar-refractivity contribution is -0.0446. The van der Waals surface area contributed by atoms with Gasteiger partial charge in [-0.1, -0.05) is 24.3 Å². The average Bonchev–Trinajstić information content (AvgIpc) is 3.02. The van der Waals surface area contributed by atoms with Gasteiger partial charge in [-0.05, 0) is 30.7 Å². The molecule has 1 aromatic heterocycles. The second-order valence-electron chi connectivity index (χ2n) is 5.79. The van der Waals surface area contributed by atoms with E-state index in [-0.39, 0.29) is 18.1 Å². The molecule has 108 valence electrons. The van der Waals surface area contributed by atoms with Crippen LogP contribution in [0.25, 0.3) is 10.8 Å². The zero-order valence-corrected chi connectivity index (χ0v) is 11.9. The van der Waals surface area contributed by atoms with E-state index in [4.69, 9.17) is 4.74 Å². The van der Waals surface area contributed by atoms with Crippen molar-refractivity contribution in [2.45, 2.75) is 31.4 Å². The van der Waals surface area contributed by atoms with Crippen LogP contribution in [-0.4, -0.2) is 41.1 Å². The molecule has 4 heteroatoms. The number of nitrogens with zero attached hydrogens (tertiary/aromatic N) is 2. The molecule has 0 spiro atoms. The summed E-state index contributed by atoms with van der Waals surface area (Å²) in [6, 6.07) is 10.1. The molecule has 4 nitrogen and oxygen atoms in total. The number of morpholine rings is 1. The lowest BCUT2D eigenvalue weighted by Crippen LogP contribution is -2.51. The molecule has 1 saturated carbocycles. The Bertz CT molecular complexity index is 680. The third-order valence-electron chi connectivity index (χ3n) is 4.62. The summed E-state index contributed by atoms with van der Waals surface area (Å²) in [7, 11) is 0. The monoisotopic (exact) mass is 282 g/mol. The zero-order chi connectivity index (χ0) is 14.2. The molecule has 1 saturated heterocycles. The first-order valence-corrected chi connectivity index (χ1v) is 7.61. The third kappa shape index (κ3) is 2.10. The zero-order valence-electron chi connectivity index (χ0n) is 11.9. The molecule has 2 atom stereocenters. The molecule has 1 amide bonds. The van der Waals surface area contributed by atoms with Crippen LogP contribution in [-0.2, 0) is 4.74 Å². The number of rotatable bonds is 1. The van der Waals surface area contributed by atoms with Crippen LogP contribution >= 0.6 is 0 Å². The van der Waals surface area contributed by atoms with Crippen LogP contribution in [0.2, 0.25) is 0 Å². The molecule has 21 heavy (non-hydrogen) atoms. The Morgan fingerprint density at radius 3 is 3.10 bits per heavy atom. The molecule has 2 fully saturated rings. The maximum Gasteiger partial charge on any atom is 0.273 e. The smallest absolute Gasteiger partial charge is 0.273 e. The summed E-state index contributed by atoms with van der Waals surface area (Å²) in [5.74, 6) is 0.0481. The first kappa shape index (κ1) is 12.8. The summed E-state index contributed by atoms with van der Waals surface area (Å²) in [4.78, 5) is 19.3. The summed E-state index contributed by atoms with van der Waals surface area (Å²) < 4.78 is 5.79. The van der Waals surface area contributed by atoms with Gasteiger partial charge >= 0.3 is 0 Å². The van der Waals surface area contributed by atoms with Gasteiger partial charge in [0.25, 0.3) is 5.91 Å². The van der Waals surface area contributed by atoms with Crippen LogP contribution < -0.4 is 0 Å². The standard InChI is InChI=1S/C17H18N2O2/c20-17(19-10-11-21-15-7-3-6-14(15)19)16-13-5-2-1-4-12(13)8-9-18-16/h1-2,4-5,8-9,14-15H,3,6-7,10-11H2/t14-,15-/m0/s1. The van der Waals surface area contributed by atoms with Gasteiger partial charge in [-0.2, -0.15) is 0 Å². The molecule has 0 bridgehead atoms. The van der Waals surface area contributed by atoms with Crippen molar-refractivity contribution in [2.24, 2.45) is 0 Å². The molecule has 0 N–H and O–H groups in total. The molecule has 4 rings (SSSR count). The van der Waals surface area contributed by atoms with Crippen molar-refractivity contribution in [1.82, 2.24) is 9.88 Å². The van der Waals surface area contributed by atoms with Crippen molar-refractivity contribution in [2.75, 3.05) is 13.2 Å². The van der Waals surface area contributed by atoms with E-state index >= 15 is 0 Å². The van der Waals surface area contributed by atoms with E-state index < -0.39 is 0 Å². The van der Waals surface area contributed by atoms with Crippen molar-refractivity contribution < 1.29 is 9.53 Å². The molecule has 2 heterocycles. The first-order chi connectivity index (χ1) is 10.3. The number of benzene rings is 1. The van der Waals surface area contributed by atoms with Crippen LogP contribution in [0.5, 0.6) is 0 Å². The van der Waals surface area contributed by atoms with Crippen molar-refractivity contribution in [3.05, 3.63) is 42.2 Å². The van der Waals surface area contributed by atoms with E-state index in [1.165, 1.54) is 0 Å². The summed E-state index contributed by atoms with van der Waals surface area (Å²) in [5, 5.41) is 2.00. The van der Waals surface area contributed by atoms with Crippen LogP contribution in [0.3, 0.4) is 0 Å². The molecule has 0 radical (unpaired) electrons. The Hall–Kier alpha value is -1.94. The van der Waals surface area contributed by atoms with E-state index in [1.54, 1.807) is 6.20 Å². The van der Waals surface area contributed by atoms with Gasteiger partial charge in [0.1, 0.15) is 5.69 Å². The minimum Gasteiger partial charge on any atom is -0.374 e. The molecule has 1 aromatic carbocycles. The molecule has 1 aliphatic carbocycles. The molecular formula is C17H18N2O2. The fourth-order valence-corrected chi connectivity index (χ4v) is 3.60. The molecular weight excluding hydrogens is 264 g/mol. The van der Waals surface area contributed by atoms with Crippen molar-refractivity contribution >= 4 is 16.7 Å². The topological polar surface area (TPSA) is 42.4 Å². The molecule has 0 unspecified atom stereocenters. The minimum absolute atomic E-state index is 0.0481. The predicted molar refractivity (Wildman–Crippen MR) is 80.2 cm³/mol. The van der Waals surface area contributed by atoms with Gasteiger partial charge in [-0.25, -0.2) is 0 Å². The Morgan fingerprint density at radius 2 is 2.14 bits per heavy atom. The lowest BCUT2D eigenvalue weighted by atomic mass is 10.1. The number of hydrogen-bond donors (Lipinski definition) is 0. The highest BCUT2D eigenvalue weighted by Gasteiger charge is 2.39. The number of pyridine rings is 1. The van der Waals surface area contributed by atoms with E-state index in [1.807, 2.05) is 35.2 Å². The van der Waals surface area contributed by atoms with Gasteiger partial charge in [-0.3, -0.25) is 9.78 Å². The fourth-order valence-electron chi connectivity index (χ4n) is 3.60. The van der Waals surface area contributed by atoms with Crippen LogP contribution in [0.4, 0.5) is 0 Å². The van der Waals surface area contributed by atoms with Gasteiger partial charge in [-0.15, -0.1) is 0 Å². The highest BCUT2D eigenvalue weighted by atomic mass is 16.5. The summed E-state index contributed by atoms with van der Waals surface area (Å²) in [6.45, 7) is 1.31. The number of carbonyl (C=O) groups is 1. The summed E-state index contributed by atoms with van der Waals surface area (Å²) >= 11 is 0. The third-order valence-corrected chi connectivity index (χ3v) is 4.62. The number of ether oxygens (including phenoxy) is 1. The van der Waals surface area contributed by atoms with Crippen LogP contribution in [0, 0.1) is 0 Å². The SMILES string of the molecule is O=C(c1nccc2ccccc12)N1CCO[C@H]2CCC[C@@H]21. The highest BCUT2D eigenvalue weighted by Crippen LogP contribution is 2.31. The number of fused-ring (bicyclic) bond motifs is 2. The van der Waals surface area contributed by atoms with Crippen molar-refractivity contribution in [1.29, 1.82) is 0 Å². The van der Waals surface area contributed by atoms with Gasteiger partial charge in [0, 0.05) is 18.1 Å². The molecule has 2 aliphatic rings. The largest absolute Gasteiger partial charge is 0.374 e. The van der Waals surface area contributed by atoms with E-state index in [9.17, 15) is 4.79 Å². The van der Waals surface area contributed by atoms with Gasteiger partial charge in [0.2, 0.25) is 0 Å². The van der Waals surface area contributed by atoms with Crippen molar-refractivity contribution in [3.8, 4) is 0 Å². The second kappa shape index (κ2) is 5.11. The quantitative estimate of drug-likeness (QED) is 0.807. The van der Waals surface area contributed by atoms with Crippen LogP contribution in [0.1, 0.15) is 29.8 Å². The van der Waals surface area contributed by atoms with Gasteiger partial charge < -0.3 is 9.64 Å². The number of hydrogen-bond acceptors (Lipinski definition) is 3. The Balaban J connectivity index is 1.73. The Labute approximate surface area is 123 Å². The molecule has 1 aliphatic heterocycles. The average molecular weight is 282 g/mol. The maximum atomic E-state index is 13.0. The summed E-state index contributed by atoms with van der Waals surface area (Å²) in [5.41, 5.74) is 0.570. The Morgan fingerprint density at radius 1 is 1.24 bits per heavy atom. The lowest BCUT2D eigenvalue weighted by Gasteiger charge is -2.37. The van der Waals surface area contributed by atoms with E-state index in [2.05, 4.69) is 4.98 Å². The number of amides is 1. The number of carbonyl (C=O) groups excluding carboxylic acids is 1. The second-order valence-corrected chi connectivity index (χ2v) is 5.79. The Kier molecular flexibility index (Phi) is 3.11. The predicted octanol–water partition coefficient (Wildman–Crippen LogP) is 2.63. The number of aromatic nitrogens is 1. The van der Waals surface area contributed by atoms with Crippen molar-refractivity contribution in [3.63, 3.8) is 0 Å². The van der Waals surface area contributed by atoms with Gasteiger partial charge in [0.05, 0.1) is 18.8 Å². The van der Waals surface area contributed by atoms with Crippen LogP contribution in [0.15, 0.2) is 36.5 Å². The first-order valence-electron chi connectivity index (χ1n) is 7.61. The summed E-state index contributed by atoms with van der Waals surface area (Å²) in [6.07, 6.45) is 5.20. The highest BCUT2D eigenvalue weighted by molar-refractivity contribution is 6.05. The minimum atomic E-state index is 0.0481. The van der Waals surface area contributed by atoms with E-state index in [0.717, 1.165) is 30.0 Å². The van der Waals surface area contributed by atoms with Gasteiger partial charge in [0.15, 0.2) is 0 Å². The normalized spacial score (nSPS) is 25.0. The maximum absolute atomic E-state index is 13.0. The fraction of sp³-hybridized carbons (Fsp3) is 0.412. The molecule has 2 aromatic rings.